The van der Waals surface area contributed by atoms with Crippen LogP contribution in [0.4, 0.5) is 0 Å². The minimum atomic E-state index is -0.342. The van der Waals surface area contributed by atoms with Gasteiger partial charge in [-0.05, 0) is 25.3 Å². The van der Waals surface area contributed by atoms with E-state index in [9.17, 15) is 5.11 Å². The summed E-state index contributed by atoms with van der Waals surface area (Å²) in [5.74, 6) is 0.833. The lowest BCUT2D eigenvalue weighted by Crippen LogP contribution is -2.35. The first-order chi connectivity index (χ1) is 5.29. The van der Waals surface area contributed by atoms with Crippen molar-refractivity contribution in [2.24, 2.45) is 5.92 Å². The summed E-state index contributed by atoms with van der Waals surface area (Å²) in [4.78, 5) is 0. The fourth-order valence-corrected chi connectivity index (χ4v) is 2.14. The van der Waals surface area contributed by atoms with E-state index in [4.69, 9.17) is 0 Å². The van der Waals surface area contributed by atoms with Crippen LogP contribution in [0.3, 0.4) is 0 Å². The second kappa shape index (κ2) is 2.76. The van der Waals surface area contributed by atoms with Crippen molar-refractivity contribution in [2.75, 3.05) is 13.1 Å². The molecule has 0 aromatic carbocycles. The molecular weight excluding hydrogens is 138 g/mol. The van der Waals surface area contributed by atoms with Gasteiger partial charge in [0.25, 0.3) is 0 Å². The third-order valence-electron chi connectivity index (χ3n) is 3.11. The lowest BCUT2D eigenvalue weighted by Gasteiger charge is -2.32. The molecule has 11 heavy (non-hydrogen) atoms. The third kappa shape index (κ3) is 1.57. The molecule has 2 fully saturated rings. The Morgan fingerprint density at radius 1 is 1.45 bits per heavy atom. The molecule has 0 aromatic rings. The summed E-state index contributed by atoms with van der Waals surface area (Å²) in [7, 11) is 0. The number of hydrogen-bond donors (Lipinski definition) is 2. The molecule has 1 saturated heterocycles. The number of nitrogens with one attached hydrogen (secondary N) is 1. The second-order valence-corrected chi connectivity index (χ2v) is 4.15. The van der Waals surface area contributed by atoms with Crippen LogP contribution >= 0.6 is 0 Å². The molecule has 0 spiro atoms. The standard InChI is InChI=1S/C9H17NO/c11-9(4-5-10-7-9)6-8-2-1-3-8/h8,10-11H,1-7H2. The Balaban J connectivity index is 1.82. The van der Waals surface area contributed by atoms with Gasteiger partial charge in [0.2, 0.25) is 0 Å². The topological polar surface area (TPSA) is 32.3 Å². The van der Waals surface area contributed by atoms with Crippen LogP contribution in [-0.2, 0) is 0 Å². The first-order valence-electron chi connectivity index (χ1n) is 4.72. The van der Waals surface area contributed by atoms with Crippen molar-refractivity contribution in [2.45, 2.75) is 37.7 Å². The van der Waals surface area contributed by atoms with E-state index in [-0.39, 0.29) is 5.60 Å². The van der Waals surface area contributed by atoms with Gasteiger partial charge in [0.05, 0.1) is 5.60 Å². The van der Waals surface area contributed by atoms with Crippen molar-refractivity contribution in [1.29, 1.82) is 0 Å². The highest BCUT2D eigenvalue weighted by molar-refractivity contribution is 4.91. The quantitative estimate of drug-likeness (QED) is 0.621. The van der Waals surface area contributed by atoms with Gasteiger partial charge < -0.3 is 10.4 Å². The summed E-state index contributed by atoms with van der Waals surface area (Å²) in [6, 6.07) is 0. The average Bonchev–Trinajstić information content (AvgIpc) is 2.29. The maximum Gasteiger partial charge on any atom is 0.0786 e. The molecule has 0 bridgehead atoms. The number of aliphatic hydroxyl groups is 1. The van der Waals surface area contributed by atoms with Gasteiger partial charge in [-0.1, -0.05) is 19.3 Å². The molecule has 2 N–H and O–H groups in total. The van der Waals surface area contributed by atoms with Crippen molar-refractivity contribution in [3.8, 4) is 0 Å². The third-order valence-corrected chi connectivity index (χ3v) is 3.11. The molecule has 1 atom stereocenters. The Kier molecular flexibility index (Phi) is 1.90. The van der Waals surface area contributed by atoms with Crippen LogP contribution in [-0.4, -0.2) is 23.8 Å². The average molecular weight is 155 g/mol. The van der Waals surface area contributed by atoms with Crippen molar-refractivity contribution >= 4 is 0 Å². The minimum Gasteiger partial charge on any atom is -0.389 e. The Bertz CT molecular complexity index is 136. The van der Waals surface area contributed by atoms with Crippen LogP contribution in [0, 0.1) is 5.92 Å². The normalized spacial score (nSPS) is 39.0. The first kappa shape index (κ1) is 7.56. The smallest absolute Gasteiger partial charge is 0.0786 e. The zero-order valence-corrected chi connectivity index (χ0v) is 6.97. The molecule has 1 aliphatic heterocycles. The van der Waals surface area contributed by atoms with Crippen molar-refractivity contribution in [3.05, 3.63) is 0 Å². The molecule has 1 heterocycles. The van der Waals surface area contributed by atoms with Crippen LogP contribution in [0.2, 0.25) is 0 Å². The number of rotatable bonds is 2. The number of β-amino-alcohol motifs (C(OH)–C–C–N with tert-alkyl or cyclic N) is 1. The van der Waals surface area contributed by atoms with Crippen molar-refractivity contribution in [3.63, 3.8) is 0 Å². The van der Waals surface area contributed by atoms with Gasteiger partial charge in [-0.15, -0.1) is 0 Å². The predicted molar refractivity (Wildman–Crippen MR) is 44.4 cm³/mol. The summed E-state index contributed by atoms with van der Waals surface area (Å²) in [5.41, 5.74) is -0.342. The first-order valence-corrected chi connectivity index (χ1v) is 4.72. The number of hydrogen-bond acceptors (Lipinski definition) is 2. The van der Waals surface area contributed by atoms with E-state index in [1.54, 1.807) is 0 Å². The Morgan fingerprint density at radius 3 is 2.73 bits per heavy atom. The summed E-state index contributed by atoms with van der Waals surface area (Å²) >= 11 is 0. The highest BCUT2D eigenvalue weighted by atomic mass is 16.3. The SMILES string of the molecule is OC1(CC2CCC2)CCNC1. The zero-order valence-electron chi connectivity index (χ0n) is 6.97. The molecule has 64 valence electrons. The van der Waals surface area contributed by atoms with Gasteiger partial charge in [0.1, 0.15) is 0 Å². The van der Waals surface area contributed by atoms with E-state index in [1.807, 2.05) is 0 Å². The van der Waals surface area contributed by atoms with Crippen LogP contribution < -0.4 is 5.32 Å². The van der Waals surface area contributed by atoms with E-state index >= 15 is 0 Å². The summed E-state index contributed by atoms with van der Waals surface area (Å²) in [6.07, 6.45) is 6.09. The van der Waals surface area contributed by atoms with E-state index in [2.05, 4.69) is 5.32 Å². The van der Waals surface area contributed by atoms with Crippen molar-refractivity contribution in [1.82, 2.24) is 5.32 Å². The molecule has 2 rings (SSSR count). The summed E-state index contributed by atoms with van der Waals surface area (Å²) < 4.78 is 0. The van der Waals surface area contributed by atoms with Gasteiger partial charge in [0.15, 0.2) is 0 Å². The predicted octanol–water partition coefficient (Wildman–Crippen LogP) is 0.901. The van der Waals surface area contributed by atoms with Gasteiger partial charge in [-0.2, -0.15) is 0 Å². The highest BCUT2D eigenvalue weighted by Crippen LogP contribution is 2.35. The molecule has 1 unspecified atom stereocenters. The summed E-state index contributed by atoms with van der Waals surface area (Å²) in [6.45, 7) is 1.83. The largest absolute Gasteiger partial charge is 0.389 e. The zero-order chi connectivity index (χ0) is 7.73. The van der Waals surface area contributed by atoms with E-state index in [1.165, 1.54) is 19.3 Å². The van der Waals surface area contributed by atoms with Crippen LogP contribution in [0.1, 0.15) is 32.1 Å². The molecule has 2 aliphatic rings. The van der Waals surface area contributed by atoms with Crippen LogP contribution in [0.5, 0.6) is 0 Å². The minimum absolute atomic E-state index is 0.342. The van der Waals surface area contributed by atoms with Crippen LogP contribution in [0.15, 0.2) is 0 Å². The monoisotopic (exact) mass is 155 g/mol. The molecule has 1 aliphatic carbocycles. The molecule has 0 amide bonds. The molecule has 0 aromatic heterocycles. The van der Waals surface area contributed by atoms with Gasteiger partial charge in [-0.3, -0.25) is 0 Å². The molecule has 1 saturated carbocycles. The summed E-state index contributed by atoms with van der Waals surface area (Å²) in [5, 5.41) is 13.2. The van der Waals surface area contributed by atoms with Gasteiger partial charge >= 0.3 is 0 Å². The van der Waals surface area contributed by atoms with Gasteiger partial charge in [-0.25, -0.2) is 0 Å². The lowest BCUT2D eigenvalue weighted by atomic mass is 9.77. The molecular formula is C9H17NO. The fourth-order valence-electron chi connectivity index (χ4n) is 2.14. The second-order valence-electron chi connectivity index (χ2n) is 4.15. The molecule has 0 radical (unpaired) electrons. The van der Waals surface area contributed by atoms with E-state index in [0.717, 1.165) is 31.8 Å². The Hall–Kier alpha value is -0.0800. The molecule has 2 heteroatoms. The van der Waals surface area contributed by atoms with Crippen LogP contribution in [0.25, 0.3) is 0 Å². The Morgan fingerprint density at radius 2 is 2.27 bits per heavy atom. The van der Waals surface area contributed by atoms with E-state index < -0.39 is 0 Å². The maximum atomic E-state index is 9.96. The Labute approximate surface area is 68.0 Å². The maximum absolute atomic E-state index is 9.96. The lowest BCUT2D eigenvalue weighted by molar-refractivity contribution is 0.0214. The molecule has 2 nitrogen and oxygen atoms in total. The fraction of sp³-hybridized carbons (Fsp3) is 1.00. The highest BCUT2D eigenvalue weighted by Gasteiger charge is 2.35. The van der Waals surface area contributed by atoms with Gasteiger partial charge in [0, 0.05) is 6.54 Å². The van der Waals surface area contributed by atoms with E-state index in [0.29, 0.717) is 0 Å². The van der Waals surface area contributed by atoms with Crippen molar-refractivity contribution < 1.29 is 5.11 Å².